The van der Waals surface area contributed by atoms with Crippen molar-refractivity contribution in [1.82, 2.24) is 4.90 Å². The number of carbonyl (C=O) groups excluding carboxylic acids is 1. The van der Waals surface area contributed by atoms with Crippen LogP contribution in [0.1, 0.15) is 17.2 Å². The van der Waals surface area contributed by atoms with Crippen LogP contribution in [0.4, 0.5) is 0 Å². The highest BCUT2D eigenvalue weighted by Crippen LogP contribution is 2.25. The van der Waals surface area contributed by atoms with E-state index in [-0.39, 0.29) is 12.7 Å². The number of amides is 1. The van der Waals surface area contributed by atoms with Crippen LogP contribution in [-0.4, -0.2) is 37.1 Å². The van der Waals surface area contributed by atoms with Crippen LogP contribution in [0.25, 0.3) is 0 Å². The summed E-state index contributed by atoms with van der Waals surface area (Å²) in [5.41, 5.74) is 7.40. The molecule has 2 N–H and O–H groups in total. The Morgan fingerprint density at radius 1 is 1.20 bits per heavy atom. The first-order valence-electron chi connectivity index (χ1n) is 8.19. The largest absolute Gasteiger partial charge is 0.484 e. The van der Waals surface area contributed by atoms with E-state index in [1.54, 1.807) is 0 Å². The van der Waals surface area contributed by atoms with Gasteiger partial charge < -0.3 is 15.2 Å². The maximum Gasteiger partial charge on any atom is 0.255 e. The Morgan fingerprint density at radius 3 is 2.60 bits per heavy atom. The lowest BCUT2D eigenvalue weighted by Gasteiger charge is -2.33. The van der Waals surface area contributed by atoms with Crippen molar-refractivity contribution in [2.24, 2.45) is 5.73 Å². The molecule has 132 valence electrons. The lowest BCUT2D eigenvalue weighted by molar-refractivity contribution is -0.119. The number of primary amides is 1. The van der Waals surface area contributed by atoms with Gasteiger partial charge in [0.1, 0.15) is 5.75 Å². The van der Waals surface area contributed by atoms with Gasteiger partial charge in [-0.1, -0.05) is 35.9 Å². The third-order valence-corrected chi connectivity index (χ3v) is 4.35. The number of benzene rings is 2. The molecule has 3 rings (SSSR count). The molecule has 2 aromatic rings. The molecule has 0 bridgehead atoms. The Bertz CT molecular complexity index is 704. The van der Waals surface area contributed by atoms with Crippen molar-refractivity contribution in [3.05, 3.63) is 64.7 Å². The quantitative estimate of drug-likeness (QED) is 0.860. The van der Waals surface area contributed by atoms with E-state index in [2.05, 4.69) is 4.90 Å². The van der Waals surface area contributed by atoms with E-state index in [0.717, 1.165) is 30.2 Å². The third-order valence-electron chi connectivity index (χ3n) is 4.10. The zero-order valence-electron chi connectivity index (χ0n) is 13.9. The molecule has 1 heterocycles. The molecular weight excluding hydrogens is 340 g/mol. The van der Waals surface area contributed by atoms with Gasteiger partial charge in [-0.15, -0.1) is 0 Å². The zero-order valence-corrected chi connectivity index (χ0v) is 14.6. The molecule has 6 heteroatoms. The van der Waals surface area contributed by atoms with E-state index < -0.39 is 5.91 Å². The molecule has 2 aromatic carbocycles. The first kappa shape index (κ1) is 17.7. The average molecular weight is 361 g/mol. The number of nitrogens with two attached hydrogens (primary N) is 1. The number of hydrogen-bond donors (Lipinski definition) is 1. The van der Waals surface area contributed by atoms with E-state index in [4.69, 9.17) is 26.8 Å². The van der Waals surface area contributed by atoms with Crippen LogP contribution >= 0.6 is 11.6 Å². The highest BCUT2D eigenvalue weighted by molar-refractivity contribution is 6.30. The summed E-state index contributed by atoms with van der Waals surface area (Å²) >= 11 is 5.95. The average Bonchev–Trinajstić information content (AvgIpc) is 2.62. The first-order chi connectivity index (χ1) is 12.1. The predicted octanol–water partition coefficient (Wildman–Crippen LogP) is 2.78. The van der Waals surface area contributed by atoms with Crippen molar-refractivity contribution in [3.63, 3.8) is 0 Å². The molecule has 5 nitrogen and oxygen atoms in total. The van der Waals surface area contributed by atoms with E-state index in [0.29, 0.717) is 12.4 Å². The Morgan fingerprint density at radius 2 is 1.92 bits per heavy atom. The summed E-state index contributed by atoms with van der Waals surface area (Å²) in [7, 11) is 0. The Kier molecular flexibility index (Phi) is 5.91. The molecule has 1 fully saturated rings. The van der Waals surface area contributed by atoms with Gasteiger partial charge in [0.2, 0.25) is 0 Å². The SMILES string of the molecule is NC(=O)COc1ccc(CN2CCOC(c3ccc(Cl)cc3)C2)cc1. The molecular formula is C19H21ClN2O3. The van der Waals surface area contributed by atoms with E-state index in [1.807, 2.05) is 48.5 Å². The minimum atomic E-state index is -0.481. The molecule has 0 radical (unpaired) electrons. The van der Waals surface area contributed by atoms with Crippen LogP contribution in [0.3, 0.4) is 0 Å². The Labute approximate surface area is 152 Å². The van der Waals surface area contributed by atoms with Gasteiger partial charge in [-0.3, -0.25) is 9.69 Å². The molecule has 1 aliphatic heterocycles. The molecule has 0 spiro atoms. The lowest BCUT2D eigenvalue weighted by atomic mass is 10.1. The van der Waals surface area contributed by atoms with E-state index in [1.165, 1.54) is 5.56 Å². The van der Waals surface area contributed by atoms with E-state index in [9.17, 15) is 4.79 Å². The van der Waals surface area contributed by atoms with Crippen LogP contribution in [-0.2, 0) is 16.1 Å². The second-order valence-corrected chi connectivity index (χ2v) is 6.48. The number of hydrogen-bond acceptors (Lipinski definition) is 4. The van der Waals surface area contributed by atoms with Crippen LogP contribution in [0.5, 0.6) is 5.75 Å². The second kappa shape index (κ2) is 8.34. The van der Waals surface area contributed by atoms with Gasteiger partial charge in [0, 0.05) is 24.7 Å². The molecule has 1 unspecified atom stereocenters. The summed E-state index contributed by atoms with van der Waals surface area (Å²) < 4.78 is 11.2. The molecule has 1 aliphatic rings. The summed E-state index contributed by atoms with van der Waals surface area (Å²) in [5.74, 6) is 0.161. The number of rotatable bonds is 6. The monoisotopic (exact) mass is 360 g/mol. The summed E-state index contributed by atoms with van der Waals surface area (Å²) in [6.07, 6.45) is 0.0594. The normalized spacial score (nSPS) is 18.0. The minimum Gasteiger partial charge on any atom is -0.484 e. The molecule has 1 atom stereocenters. The number of carbonyl (C=O) groups is 1. The first-order valence-corrected chi connectivity index (χ1v) is 8.57. The van der Waals surface area contributed by atoms with Gasteiger partial charge in [-0.05, 0) is 35.4 Å². The fourth-order valence-electron chi connectivity index (χ4n) is 2.83. The Hall–Kier alpha value is -2.08. The molecule has 0 saturated carbocycles. The standard InChI is InChI=1S/C19H21ClN2O3/c20-16-5-3-15(4-6-16)18-12-22(9-10-24-18)11-14-1-7-17(8-2-14)25-13-19(21)23/h1-8,18H,9-13H2,(H2,21,23). The van der Waals surface area contributed by atoms with Crippen molar-refractivity contribution >= 4 is 17.5 Å². The smallest absolute Gasteiger partial charge is 0.255 e. The Balaban J connectivity index is 1.57. The lowest BCUT2D eigenvalue weighted by Crippen LogP contribution is -2.37. The molecule has 25 heavy (non-hydrogen) atoms. The van der Waals surface area contributed by atoms with Crippen molar-refractivity contribution in [1.29, 1.82) is 0 Å². The van der Waals surface area contributed by atoms with Gasteiger partial charge in [0.05, 0.1) is 12.7 Å². The van der Waals surface area contributed by atoms with Gasteiger partial charge in [-0.2, -0.15) is 0 Å². The highest BCUT2D eigenvalue weighted by atomic mass is 35.5. The fraction of sp³-hybridized carbons (Fsp3) is 0.316. The highest BCUT2D eigenvalue weighted by Gasteiger charge is 2.22. The minimum absolute atomic E-state index is 0.0594. The van der Waals surface area contributed by atoms with Crippen molar-refractivity contribution in [3.8, 4) is 5.75 Å². The zero-order chi connectivity index (χ0) is 17.6. The van der Waals surface area contributed by atoms with Crippen LogP contribution in [0.15, 0.2) is 48.5 Å². The van der Waals surface area contributed by atoms with Gasteiger partial charge in [0.25, 0.3) is 5.91 Å². The predicted molar refractivity (Wildman–Crippen MR) is 96.6 cm³/mol. The fourth-order valence-corrected chi connectivity index (χ4v) is 2.95. The maximum atomic E-state index is 10.7. The molecule has 1 amide bonds. The summed E-state index contributed by atoms with van der Waals surface area (Å²) in [6, 6.07) is 15.5. The number of morpholine rings is 1. The maximum absolute atomic E-state index is 10.7. The topological polar surface area (TPSA) is 64.8 Å². The van der Waals surface area contributed by atoms with Gasteiger partial charge >= 0.3 is 0 Å². The number of ether oxygens (including phenoxy) is 2. The van der Waals surface area contributed by atoms with Gasteiger partial charge in [-0.25, -0.2) is 0 Å². The van der Waals surface area contributed by atoms with Crippen molar-refractivity contribution in [2.45, 2.75) is 12.6 Å². The molecule has 1 saturated heterocycles. The van der Waals surface area contributed by atoms with Crippen LogP contribution in [0, 0.1) is 0 Å². The molecule has 0 aliphatic carbocycles. The van der Waals surface area contributed by atoms with Crippen LogP contribution in [0.2, 0.25) is 5.02 Å². The number of nitrogens with zero attached hydrogens (tertiary/aromatic N) is 1. The van der Waals surface area contributed by atoms with E-state index >= 15 is 0 Å². The third kappa shape index (κ3) is 5.19. The van der Waals surface area contributed by atoms with Crippen LogP contribution < -0.4 is 10.5 Å². The molecule has 0 aromatic heterocycles. The number of halogens is 1. The second-order valence-electron chi connectivity index (χ2n) is 6.05. The summed E-state index contributed by atoms with van der Waals surface area (Å²) in [6.45, 7) is 3.16. The van der Waals surface area contributed by atoms with Gasteiger partial charge in [0.15, 0.2) is 6.61 Å². The van der Waals surface area contributed by atoms with Crippen molar-refractivity contribution < 1.29 is 14.3 Å². The summed E-state index contributed by atoms with van der Waals surface area (Å²) in [4.78, 5) is 13.1. The van der Waals surface area contributed by atoms with Crippen molar-refractivity contribution in [2.75, 3.05) is 26.3 Å². The summed E-state index contributed by atoms with van der Waals surface area (Å²) in [5, 5.41) is 0.732.